The first kappa shape index (κ1) is 13.9. The van der Waals surface area contributed by atoms with Gasteiger partial charge in [-0.05, 0) is 24.3 Å². The zero-order valence-corrected chi connectivity index (χ0v) is 11.2. The van der Waals surface area contributed by atoms with Crippen molar-refractivity contribution in [2.45, 2.75) is 13.0 Å². The Morgan fingerprint density at radius 3 is 2.75 bits per heavy atom. The van der Waals surface area contributed by atoms with Crippen LogP contribution in [0.25, 0.3) is 0 Å². The number of carbonyl (C=O) groups excluding carboxylic acids is 1. The van der Waals surface area contributed by atoms with Crippen molar-refractivity contribution in [1.82, 2.24) is 15.0 Å². The molecule has 0 unspecified atom stereocenters. The molecule has 1 amide bonds. The summed E-state index contributed by atoms with van der Waals surface area (Å²) in [6.45, 7) is 0.900. The maximum absolute atomic E-state index is 10.6. The van der Waals surface area contributed by atoms with Crippen LogP contribution in [0.2, 0.25) is 0 Å². The third-order valence-electron chi connectivity index (χ3n) is 2.60. The number of hydrogen-bond acceptors (Lipinski definition) is 5. The standard InChI is InChI=1S/C13H17N5O2/c1-18-9-11(16-17-18)8-15-10-2-4-12(5-3-10)20-7-6-13(14)19/h2-5,9,15H,6-8H2,1H3,(H2,14,19). The molecule has 0 aliphatic carbocycles. The summed E-state index contributed by atoms with van der Waals surface area (Å²) in [7, 11) is 1.83. The molecular formula is C13H17N5O2. The van der Waals surface area contributed by atoms with Gasteiger partial charge in [-0.1, -0.05) is 5.21 Å². The lowest BCUT2D eigenvalue weighted by Crippen LogP contribution is -2.14. The minimum atomic E-state index is -0.368. The lowest BCUT2D eigenvalue weighted by Gasteiger charge is -2.07. The van der Waals surface area contributed by atoms with Gasteiger partial charge in [-0.3, -0.25) is 9.48 Å². The van der Waals surface area contributed by atoms with E-state index in [4.69, 9.17) is 10.5 Å². The van der Waals surface area contributed by atoms with E-state index in [9.17, 15) is 4.79 Å². The van der Waals surface area contributed by atoms with Gasteiger partial charge in [0, 0.05) is 18.9 Å². The highest BCUT2D eigenvalue weighted by molar-refractivity contribution is 5.73. The number of ether oxygens (including phenoxy) is 1. The molecule has 7 nitrogen and oxygen atoms in total. The fourth-order valence-corrected chi connectivity index (χ4v) is 1.61. The van der Waals surface area contributed by atoms with E-state index in [0.717, 1.165) is 11.4 Å². The molecule has 0 fully saturated rings. The molecule has 0 aliphatic rings. The third kappa shape index (κ3) is 4.27. The summed E-state index contributed by atoms with van der Waals surface area (Å²) in [5.74, 6) is 0.337. The van der Waals surface area contributed by atoms with Crippen molar-refractivity contribution in [3.63, 3.8) is 0 Å². The number of benzene rings is 1. The number of nitrogens with two attached hydrogens (primary N) is 1. The van der Waals surface area contributed by atoms with Crippen LogP contribution in [0.1, 0.15) is 12.1 Å². The normalized spacial score (nSPS) is 10.2. The molecule has 0 spiro atoms. The van der Waals surface area contributed by atoms with Crippen molar-refractivity contribution >= 4 is 11.6 Å². The zero-order chi connectivity index (χ0) is 14.4. The minimum Gasteiger partial charge on any atom is -0.493 e. The van der Waals surface area contributed by atoms with E-state index in [1.807, 2.05) is 37.5 Å². The van der Waals surface area contributed by atoms with Gasteiger partial charge in [-0.15, -0.1) is 5.10 Å². The summed E-state index contributed by atoms with van der Waals surface area (Å²) in [5, 5.41) is 11.1. The van der Waals surface area contributed by atoms with Gasteiger partial charge in [-0.2, -0.15) is 0 Å². The predicted octanol–water partition coefficient (Wildman–Crippen LogP) is 0.681. The third-order valence-corrected chi connectivity index (χ3v) is 2.60. The average molecular weight is 275 g/mol. The number of nitrogens with one attached hydrogen (secondary N) is 1. The van der Waals surface area contributed by atoms with E-state index in [1.54, 1.807) is 4.68 Å². The maximum Gasteiger partial charge on any atom is 0.220 e. The number of carbonyl (C=O) groups is 1. The summed E-state index contributed by atoms with van der Waals surface area (Å²) in [5.41, 5.74) is 6.86. The Morgan fingerprint density at radius 1 is 1.40 bits per heavy atom. The summed E-state index contributed by atoms with van der Waals surface area (Å²) in [4.78, 5) is 10.6. The number of hydrogen-bond donors (Lipinski definition) is 2. The molecule has 0 bridgehead atoms. The number of amides is 1. The zero-order valence-electron chi connectivity index (χ0n) is 11.2. The fourth-order valence-electron chi connectivity index (χ4n) is 1.61. The van der Waals surface area contributed by atoms with E-state index in [2.05, 4.69) is 15.6 Å². The van der Waals surface area contributed by atoms with Crippen molar-refractivity contribution < 1.29 is 9.53 Å². The van der Waals surface area contributed by atoms with Crippen LogP contribution in [0.15, 0.2) is 30.5 Å². The molecule has 20 heavy (non-hydrogen) atoms. The van der Waals surface area contributed by atoms with E-state index in [1.165, 1.54) is 0 Å². The van der Waals surface area contributed by atoms with Gasteiger partial charge < -0.3 is 15.8 Å². The van der Waals surface area contributed by atoms with Crippen molar-refractivity contribution in [3.8, 4) is 5.75 Å². The fraction of sp³-hybridized carbons (Fsp3) is 0.308. The minimum absolute atomic E-state index is 0.215. The molecule has 1 aromatic carbocycles. The largest absolute Gasteiger partial charge is 0.493 e. The van der Waals surface area contributed by atoms with Gasteiger partial charge in [0.25, 0.3) is 0 Å². The molecule has 0 saturated carbocycles. The first-order valence-electron chi connectivity index (χ1n) is 6.24. The molecule has 1 heterocycles. The van der Waals surface area contributed by atoms with Crippen LogP contribution in [0.3, 0.4) is 0 Å². The Kier molecular flexibility index (Phi) is 4.54. The van der Waals surface area contributed by atoms with Crippen LogP contribution < -0.4 is 15.8 Å². The van der Waals surface area contributed by atoms with Gasteiger partial charge in [-0.25, -0.2) is 0 Å². The Hall–Kier alpha value is -2.57. The van der Waals surface area contributed by atoms with Gasteiger partial charge >= 0.3 is 0 Å². The van der Waals surface area contributed by atoms with E-state index in [-0.39, 0.29) is 12.3 Å². The van der Waals surface area contributed by atoms with Crippen LogP contribution >= 0.6 is 0 Å². The van der Waals surface area contributed by atoms with Gasteiger partial charge in [0.15, 0.2) is 0 Å². The Balaban J connectivity index is 1.80. The SMILES string of the molecule is Cn1cc(CNc2ccc(OCCC(N)=O)cc2)nn1. The second-order valence-electron chi connectivity index (χ2n) is 4.33. The highest BCUT2D eigenvalue weighted by Crippen LogP contribution is 2.16. The van der Waals surface area contributed by atoms with E-state index >= 15 is 0 Å². The molecule has 0 radical (unpaired) electrons. The lowest BCUT2D eigenvalue weighted by atomic mass is 10.3. The maximum atomic E-state index is 10.6. The lowest BCUT2D eigenvalue weighted by molar-refractivity contribution is -0.118. The molecule has 2 aromatic rings. The molecule has 1 aromatic heterocycles. The Morgan fingerprint density at radius 2 is 2.15 bits per heavy atom. The number of aromatic nitrogens is 3. The van der Waals surface area contributed by atoms with Crippen LogP contribution in [-0.4, -0.2) is 27.5 Å². The number of anilines is 1. The predicted molar refractivity (Wildman–Crippen MR) is 74.1 cm³/mol. The first-order valence-corrected chi connectivity index (χ1v) is 6.24. The summed E-state index contributed by atoms with van der Waals surface area (Å²) in [6, 6.07) is 7.46. The Labute approximate surface area is 116 Å². The van der Waals surface area contributed by atoms with Crippen molar-refractivity contribution in [1.29, 1.82) is 0 Å². The van der Waals surface area contributed by atoms with Crippen LogP contribution in [0.5, 0.6) is 5.75 Å². The van der Waals surface area contributed by atoms with Crippen LogP contribution in [-0.2, 0) is 18.4 Å². The van der Waals surface area contributed by atoms with E-state index < -0.39 is 0 Å². The topological polar surface area (TPSA) is 95.1 Å². The smallest absolute Gasteiger partial charge is 0.220 e. The Bertz CT molecular complexity index is 564. The molecule has 0 atom stereocenters. The second-order valence-corrected chi connectivity index (χ2v) is 4.33. The molecule has 0 saturated heterocycles. The van der Waals surface area contributed by atoms with Gasteiger partial charge in [0.1, 0.15) is 11.4 Å². The second kappa shape index (κ2) is 6.55. The molecule has 2 rings (SSSR count). The molecule has 0 aliphatic heterocycles. The molecule has 106 valence electrons. The highest BCUT2D eigenvalue weighted by Gasteiger charge is 2.00. The van der Waals surface area contributed by atoms with E-state index in [0.29, 0.717) is 18.9 Å². The monoisotopic (exact) mass is 275 g/mol. The average Bonchev–Trinajstić information content (AvgIpc) is 2.83. The van der Waals surface area contributed by atoms with Crippen molar-refractivity contribution in [2.24, 2.45) is 12.8 Å². The van der Waals surface area contributed by atoms with Crippen molar-refractivity contribution in [2.75, 3.05) is 11.9 Å². The van der Waals surface area contributed by atoms with Crippen LogP contribution in [0.4, 0.5) is 5.69 Å². The van der Waals surface area contributed by atoms with Crippen molar-refractivity contribution in [3.05, 3.63) is 36.2 Å². The summed E-state index contributed by atoms with van der Waals surface area (Å²) < 4.78 is 7.04. The quantitative estimate of drug-likeness (QED) is 0.775. The molecule has 7 heteroatoms. The number of primary amides is 1. The first-order chi connectivity index (χ1) is 9.63. The number of nitrogens with zero attached hydrogens (tertiary/aromatic N) is 3. The highest BCUT2D eigenvalue weighted by atomic mass is 16.5. The number of rotatable bonds is 7. The summed E-state index contributed by atoms with van der Waals surface area (Å²) in [6.07, 6.45) is 2.07. The molecule has 3 N–H and O–H groups in total. The van der Waals surface area contributed by atoms with Gasteiger partial charge in [0.2, 0.25) is 5.91 Å². The summed E-state index contributed by atoms with van der Waals surface area (Å²) >= 11 is 0. The number of aryl methyl sites for hydroxylation is 1. The molecular weight excluding hydrogens is 258 g/mol. The van der Waals surface area contributed by atoms with Gasteiger partial charge in [0.05, 0.1) is 19.6 Å². The van der Waals surface area contributed by atoms with Crippen LogP contribution in [0, 0.1) is 0 Å².